The lowest BCUT2D eigenvalue weighted by molar-refractivity contribution is 0.102. The molecule has 3 rings (SSSR count). The molecule has 132 valence electrons. The standard InChI is InChI=1S/C17H16N6O2S/c1-17(2,3)12-6-13(23-25-12)22-16(24)11-8-26-14(21-11)5-4-10-7-19-9-20-15(10)18/h6-9H,1-3H3,(H2,18,19,20)(H,22,23,24). The Kier molecular flexibility index (Phi) is 4.69. The number of nitrogens with two attached hydrogens (primary N) is 1. The lowest BCUT2D eigenvalue weighted by atomic mass is 9.93. The van der Waals surface area contributed by atoms with E-state index < -0.39 is 0 Å². The van der Waals surface area contributed by atoms with Crippen LogP contribution in [0.25, 0.3) is 0 Å². The SMILES string of the molecule is CC(C)(C)c1cc(NC(=O)c2csc(C#Cc3cncnc3N)n2)no1. The molecule has 0 unspecified atom stereocenters. The summed E-state index contributed by atoms with van der Waals surface area (Å²) >= 11 is 1.25. The van der Waals surface area contributed by atoms with Crippen molar-refractivity contribution in [2.75, 3.05) is 11.1 Å². The summed E-state index contributed by atoms with van der Waals surface area (Å²) in [6.45, 7) is 5.99. The second-order valence-corrected chi connectivity index (χ2v) is 7.25. The third-order valence-corrected chi connectivity index (χ3v) is 4.03. The number of thiazole rings is 1. The lowest BCUT2D eigenvalue weighted by Crippen LogP contribution is -2.13. The second kappa shape index (κ2) is 6.93. The van der Waals surface area contributed by atoms with Gasteiger partial charge < -0.3 is 15.6 Å². The van der Waals surface area contributed by atoms with E-state index in [4.69, 9.17) is 10.3 Å². The molecular formula is C17H16N6O2S. The zero-order chi connectivity index (χ0) is 18.7. The van der Waals surface area contributed by atoms with E-state index in [1.165, 1.54) is 23.9 Å². The molecule has 3 N–H and O–H groups in total. The molecule has 1 amide bonds. The Balaban J connectivity index is 1.71. The number of aromatic nitrogens is 4. The monoisotopic (exact) mass is 368 g/mol. The fraction of sp³-hybridized carbons (Fsp3) is 0.235. The topological polar surface area (TPSA) is 120 Å². The van der Waals surface area contributed by atoms with Crippen molar-refractivity contribution in [3.63, 3.8) is 0 Å². The van der Waals surface area contributed by atoms with Gasteiger partial charge in [0.25, 0.3) is 5.91 Å². The molecule has 0 atom stereocenters. The van der Waals surface area contributed by atoms with Crippen LogP contribution in [0.5, 0.6) is 0 Å². The fourth-order valence-corrected chi connectivity index (χ4v) is 2.50. The molecule has 26 heavy (non-hydrogen) atoms. The highest BCUT2D eigenvalue weighted by atomic mass is 32.1. The maximum absolute atomic E-state index is 12.3. The van der Waals surface area contributed by atoms with E-state index in [0.29, 0.717) is 28.0 Å². The highest BCUT2D eigenvalue weighted by Gasteiger charge is 2.21. The molecule has 3 aromatic heterocycles. The number of anilines is 2. The number of hydrogen-bond donors (Lipinski definition) is 2. The molecule has 0 aromatic carbocycles. The predicted molar refractivity (Wildman–Crippen MR) is 97.7 cm³/mol. The summed E-state index contributed by atoms with van der Waals surface area (Å²) in [6.07, 6.45) is 2.87. The maximum Gasteiger partial charge on any atom is 0.276 e. The average Bonchev–Trinajstić information content (AvgIpc) is 3.23. The number of rotatable bonds is 2. The molecule has 0 aliphatic heterocycles. The summed E-state index contributed by atoms with van der Waals surface area (Å²) < 4.78 is 5.24. The molecule has 9 heteroatoms. The number of carbonyl (C=O) groups excluding carboxylic acids is 1. The van der Waals surface area contributed by atoms with E-state index in [9.17, 15) is 4.79 Å². The van der Waals surface area contributed by atoms with Crippen molar-refractivity contribution in [1.29, 1.82) is 0 Å². The van der Waals surface area contributed by atoms with E-state index in [-0.39, 0.29) is 17.0 Å². The van der Waals surface area contributed by atoms with Crippen LogP contribution in [0.3, 0.4) is 0 Å². The summed E-state index contributed by atoms with van der Waals surface area (Å²) in [5, 5.41) is 8.61. The molecule has 8 nitrogen and oxygen atoms in total. The molecule has 3 heterocycles. The number of nitrogens with zero attached hydrogens (tertiary/aromatic N) is 4. The number of hydrogen-bond acceptors (Lipinski definition) is 8. The van der Waals surface area contributed by atoms with Gasteiger partial charge in [0, 0.05) is 23.1 Å². The maximum atomic E-state index is 12.3. The third kappa shape index (κ3) is 4.04. The first kappa shape index (κ1) is 17.6. The first-order valence-electron chi connectivity index (χ1n) is 7.64. The normalized spacial score (nSPS) is 10.9. The molecule has 0 saturated carbocycles. The zero-order valence-corrected chi connectivity index (χ0v) is 15.2. The summed E-state index contributed by atoms with van der Waals surface area (Å²) in [5.41, 5.74) is 6.27. The Morgan fingerprint density at radius 1 is 1.35 bits per heavy atom. The van der Waals surface area contributed by atoms with Crippen LogP contribution < -0.4 is 11.1 Å². The average molecular weight is 368 g/mol. The fourth-order valence-electron chi connectivity index (χ4n) is 1.86. The van der Waals surface area contributed by atoms with Crippen LogP contribution in [-0.4, -0.2) is 26.0 Å². The van der Waals surface area contributed by atoms with Gasteiger partial charge >= 0.3 is 0 Å². The van der Waals surface area contributed by atoms with Gasteiger partial charge in [-0.3, -0.25) is 4.79 Å². The van der Waals surface area contributed by atoms with Crippen LogP contribution in [0.1, 0.15) is 47.6 Å². The van der Waals surface area contributed by atoms with Crippen LogP contribution >= 0.6 is 11.3 Å². The van der Waals surface area contributed by atoms with Crippen molar-refractivity contribution in [3.05, 3.63) is 46.0 Å². The minimum atomic E-state index is -0.384. The Morgan fingerprint density at radius 3 is 2.85 bits per heavy atom. The van der Waals surface area contributed by atoms with Gasteiger partial charge in [-0.1, -0.05) is 31.8 Å². The van der Waals surface area contributed by atoms with Crippen molar-refractivity contribution in [2.24, 2.45) is 0 Å². The number of carbonyl (C=O) groups is 1. The molecular weight excluding hydrogens is 352 g/mol. The second-order valence-electron chi connectivity index (χ2n) is 6.39. The molecule has 0 aliphatic rings. The summed E-state index contributed by atoms with van der Waals surface area (Å²) in [6, 6.07) is 1.70. The first-order chi connectivity index (χ1) is 12.3. The van der Waals surface area contributed by atoms with Gasteiger partial charge in [0.2, 0.25) is 0 Å². The van der Waals surface area contributed by atoms with Crippen molar-refractivity contribution in [1.82, 2.24) is 20.1 Å². The smallest absolute Gasteiger partial charge is 0.276 e. The van der Waals surface area contributed by atoms with Crippen molar-refractivity contribution in [2.45, 2.75) is 26.2 Å². The van der Waals surface area contributed by atoms with Gasteiger partial charge in [0.05, 0.1) is 5.56 Å². The highest BCUT2D eigenvalue weighted by Crippen LogP contribution is 2.24. The van der Waals surface area contributed by atoms with Crippen LogP contribution in [-0.2, 0) is 5.41 Å². The van der Waals surface area contributed by atoms with E-state index in [0.717, 1.165) is 0 Å². The van der Waals surface area contributed by atoms with E-state index in [1.807, 2.05) is 20.8 Å². The van der Waals surface area contributed by atoms with E-state index in [1.54, 1.807) is 11.4 Å². The Hall–Kier alpha value is -3.25. The Bertz CT molecular complexity index is 1010. The summed E-state index contributed by atoms with van der Waals surface area (Å²) in [5.74, 6) is 6.62. The Labute approximate surface area is 153 Å². The van der Waals surface area contributed by atoms with Gasteiger partial charge in [-0.15, -0.1) is 11.3 Å². The van der Waals surface area contributed by atoms with Gasteiger partial charge in [-0.25, -0.2) is 15.0 Å². The molecule has 0 spiro atoms. The van der Waals surface area contributed by atoms with Gasteiger partial charge in [0.15, 0.2) is 10.8 Å². The van der Waals surface area contributed by atoms with Crippen LogP contribution in [0, 0.1) is 11.8 Å². The van der Waals surface area contributed by atoms with Gasteiger partial charge in [-0.05, 0) is 5.92 Å². The van der Waals surface area contributed by atoms with Crippen molar-refractivity contribution < 1.29 is 9.32 Å². The number of nitrogen functional groups attached to an aromatic ring is 1. The highest BCUT2D eigenvalue weighted by molar-refractivity contribution is 7.10. The molecule has 3 aromatic rings. The number of amides is 1. The Morgan fingerprint density at radius 2 is 2.15 bits per heavy atom. The third-order valence-electron chi connectivity index (χ3n) is 3.27. The quantitative estimate of drug-likeness (QED) is 0.667. The van der Waals surface area contributed by atoms with Crippen LogP contribution in [0.15, 0.2) is 28.5 Å². The molecule has 0 aliphatic carbocycles. The first-order valence-corrected chi connectivity index (χ1v) is 8.52. The summed E-state index contributed by atoms with van der Waals surface area (Å²) in [4.78, 5) is 24.2. The molecule has 0 bridgehead atoms. The summed E-state index contributed by atoms with van der Waals surface area (Å²) in [7, 11) is 0. The van der Waals surface area contributed by atoms with Crippen molar-refractivity contribution >= 4 is 28.9 Å². The molecule has 0 saturated heterocycles. The zero-order valence-electron chi connectivity index (χ0n) is 14.4. The van der Waals surface area contributed by atoms with E-state index >= 15 is 0 Å². The van der Waals surface area contributed by atoms with Crippen LogP contribution in [0.4, 0.5) is 11.6 Å². The minimum absolute atomic E-state index is 0.192. The predicted octanol–water partition coefficient (Wildman–Crippen LogP) is 2.45. The lowest BCUT2D eigenvalue weighted by Gasteiger charge is -2.11. The van der Waals surface area contributed by atoms with Gasteiger partial charge in [0.1, 0.15) is 23.6 Å². The van der Waals surface area contributed by atoms with Crippen LogP contribution in [0.2, 0.25) is 0 Å². The minimum Gasteiger partial charge on any atom is -0.383 e. The van der Waals surface area contributed by atoms with Gasteiger partial charge in [-0.2, -0.15) is 0 Å². The van der Waals surface area contributed by atoms with E-state index in [2.05, 4.69) is 37.3 Å². The molecule has 0 radical (unpaired) electrons. The van der Waals surface area contributed by atoms with Crippen molar-refractivity contribution in [3.8, 4) is 11.8 Å². The number of nitrogens with one attached hydrogen (secondary N) is 1. The largest absolute Gasteiger partial charge is 0.383 e. The molecule has 0 fully saturated rings.